The number of piperidine rings is 1. The van der Waals surface area contributed by atoms with Gasteiger partial charge in [0, 0.05) is 25.6 Å². The lowest BCUT2D eigenvalue weighted by Crippen LogP contribution is -2.64. The molecule has 2 aromatic rings. The van der Waals surface area contributed by atoms with Gasteiger partial charge in [-0.15, -0.1) is 0 Å². The highest BCUT2D eigenvalue weighted by atomic mass is 16.5. The van der Waals surface area contributed by atoms with Crippen LogP contribution in [0.5, 0.6) is 0 Å². The molecule has 0 unspecified atom stereocenters. The smallest absolute Gasteiger partial charge is 0.256 e. The molecule has 1 saturated carbocycles. The van der Waals surface area contributed by atoms with E-state index in [9.17, 15) is 14.4 Å². The van der Waals surface area contributed by atoms with Crippen molar-refractivity contribution in [1.29, 1.82) is 0 Å². The molecule has 1 aliphatic carbocycles. The van der Waals surface area contributed by atoms with Crippen molar-refractivity contribution in [2.24, 2.45) is 21.7 Å². The summed E-state index contributed by atoms with van der Waals surface area (Å²) in [7, 11) is 1.69. The highest BCUT2D eigenvalue weighted by Crippen LogP contribution is 2.57. The minimum Gasteiger partial charge on any atom is -0.374 e. The molecule has 3 aliphatic rings. The lowest BCUT2D eigenvalue weighted by Gasteiger charge is -2.44. The van der Waals surface area contributed by atoms with E-state index < -0.39 is 22.9 Å². The first kappa shape index (κ1) is 27.0. The second-order valence-electron chi connectivity index (χ2n) is 11.7. The number of amides is 3. The van der Waals surface area contributed by atoms with E-state index in [4.69, 9.17) is 15.6 Å². The molecule has 3 N–H and O–H groups in total. The maximum Gasteiger partial charge on any atom is 0.256 e. The second-order valence-corrected chi connectivity index (χ2v) is 11.7. The van der Waals surface area contributed by atoms with Crippen LogP contribution in [0.4, 0.5) is 0 Å². The third-order valence-corrected chi connectivity index (χ3v) is 7.96. The van der Waals surface area contributed by atoms with Crippen molar-refractivity contribution >= 4 is 23.4 Å². The van der Waals surface area contributed by atoms with Crippen LogP contribution in [0.15, 0.2) is 65.8 Å². The Kier molecular flexibility index (Phi) is 7.07. The Morgan fingerprint density at radius 3 is 2.26 bits per heavy atom. The van der Waals surface area contributed by atoms with Gasteiger partial charge in [-0.25, -0.2) is 5.01 Å². The van der Waals surface area contributed by atoms with Gasteiger partial charge in [-0.2, -0.15) is 5.10 Å². The van der Waals surface area contributed by atoms with Crippen LogP contribution >= 0.6 is 0 Å². The fourth-order valence-electron chi connectivity index (χ4n) is 5.75. The normalized spacial score (nSPS) is 22.4. The van der Waals surface area contributed by atoms with E-state index in [1.165, 1.54) is 5.01 Å². The highest BCUT2D eigenvalue weighted by molar-refractivity contribution is 6.17. The summed E-state index contributed by atoms with van der Waals surface area (Å²) >= 11 is 0. The van der Waals surface area contributed by atoms with Crippen molar-refractivity contribution in [1.82, 2.24) is 15.2 Å². The topological polar surface area (TPSA) is 117 Å². The Morgan fingerprint density at radius 1 is 1.05 bits per heavy atom. The summed E-state index contributed by atoms with van der Waals surface area (Å²) < 4.78 is 5.92. The Labute approximate surface area is 229 Å². The molecule has 1 spiro atoms. The number of hydrazone groups is 1. The molecule has 2 fully saturated rings. The summed E-state index contributed by atoms with van der Waals surface area (Å²) in [6, 6.07) is 18.6. The number of carbonyl (C=O) groups is 3. The number of nitrogens with zero attached hydrogens (tertiary/aromatic N) is 3. The molecule has 9 heteroatoms. The molecule has 9 nitrogen and oxygen atoms in total. The standard InChI is InChI=1S/C30H37N5O4/c1-28(2,31)26(37)32-23(18-39-17-22-12-8-5-9-13-22)24(36)35-19-29(14-15-29)25-30(20-35,27(38)34(3)33-25)16-21-10-6-4-7-11-21/h4-13,23H,14-20,31H2,1-3H3,(H,32,37)/t23-,30-/m1/s1. The van der Waals surface area contributed by atoms with E-state index in [2.05, 4.69) is 5.32 Å². The second kappa shape index (κ2) is 10.2. The van der Waals surface area contributed by atoms with Crippen molar-refractivity contribution in [3.63, 3.8) is 0 Å². The summed E-state index contributed by atoms with van der Waals surface area (Å²) in [5, 5.41) is 8.99. The molecule has 1 saturated heterocycles. The first-order valence-corrected chi connectivity index (χ1v) is 13.5. The number of rotatable bonds is 9. The van der Waals surface area contributed by atoms with Gasteiger partial charge in [0.05, 0.1) is 24.5 Å². The van der Waals surface area contributed by atoms with Crippen molar-refractivity contribution in [2.45, 2.75) is 51.3 Å². The largest absolute Gasteiger partial charge is 0.374 e. The molecule has 206 valence electrons. The summed E-state index contributed by atoms with van der Waals surface area (Å²) in [6.45, 7) is 4.13. The van der Waals surface area contributed by atoms with Crippen molar-refractivity contribution < 1.29 is 19.1 Å². The number of hydrogen-bond donors (Lipinski definition) is 2. The fourth-order valence-corrected chi connectivity index (χ4v) is 5.75. The fraction of sp³-hybridized carbons (Fsp3) is 0.467. The van der Waals surface area contributed by atoms with Gasteiger partial charge in [0.2, 0.25) is 11.8 Å². The van der Waals surface area contributed by atoms with Gasteiger partial charge in [-0.1, -0.05) is 60.7 Å². The zero-order chi connectivity index (χ0) is 27.8. The van der Waals surface area contributed by atoms with Crippen molar-refractivity contribution in [3.8, 4) is 0 Å². The minimum absolute atomic E-state index is 0.0144. The van der Waals surface area contributed by atoms with Crippen molar-refractivity contribution in [2.75, 3.05) is 26.7 Å². The Morgan fingerprint density at radius 2 is 1.67 bits per heavy atom. The van der Waals surface area contributed by atoms with Gasteiger partial charge in [-0.3, -0.25) is 14.4 Å². The van der Waals surface area contributed by atoms with Crippen LogP contribution in [-0.4, -0.2) is 71.7 Å². The van der Waals surface area contributed by atoms with E-state index in [1.54, 1.807) is 25.8 Å². The van der Waals surface area contributed by atoms with E-state index in [0.29, 0.717) is 19.6 Å². The number of hydrogen-bond acceptors (Lipinski definition) is 6. The molecular weight excluding hydrogens is 494 g/mol. The van der Waals surface area contributed by atoms with Crippen LogP contribution in [0.1, 0.15) is 37.8 Å². The minimum atomic E-state index is -1.17. The van der Waals surface area contributed by atoms with E-state index in [1.807, 2.05) is 60.7 Å². The summed E-state index contributed by atoms with van der Waals surface area (Å²) in [4.78, 5) is 42.5. The first-order valence-electron chi connectivity index (χ1n) is 13.5. The highest BCUT2D eigenvalue weighted by Gasteiger charge is 2.66. The number of likely N-dealkylation sites (tertiary alicyclic amines) is 1. The average Bonchev–Trinajstić information content (AvgIpc) is 3.63. The lowest BCUT2D eigenvalue weighted by atomic mass is 9.68. The van der Waals surface area contributed by atoms with Crippen molar-refractivity contribution in [3.05, 3.63) is 71.8 Å². The molecule has 3 amide bonds. The Bertz CT molecular complexity index is 1270. The van der Waals surface area contributed by atoms with E-state index in [0.717, 1.165) is 29.7 Å². The number of ether oxygens (including phenoxy) is 1. The Hall–Kier alpha value is -3.56. The molecule has 0 radical (unpaired) electrons. The molecular formula is C30H37N5O4. The third-order valence-electron chi connectivity index (χ3n) is 7.96. The molecule has 0 aromatic heterocycles. The van der Waals surface area contributed by atoms with Gasteiger partial charge in [-0.05, 0) is 44.2 Å². The number of carbonyl (C=O) groups excluding carboxylic acids is 3. The third kappa shape index (κ3) is 5.33. The first-order chi connectivity index (χ1) is 18.5. The zero-order valence-electron chi connectivity index (χ0n) is 22.9. The van der Waals surface area contributed by atoms with Gasteiger partial charge < -0.3 is 20.7 Å². The number of benzene rings is 2. The van der Waals surface area contributed by atoms with Gasteiger partial charge in [0.25, 0.3) is 5.91 Å². The maximum atomic E-state index is 14.1. The van der Waals surface area contributed by atoms with Gasteiger partial charge in [0.1, 0.15) is 11.5 Å². The predicted molar refractivity (Wildman–Crippen MR) is 147 cm³/mol. The average molecular weight is 532 g/mol. The van der Waals surface area contributed by atoms with Crippen LogP contribution in [0.25, 0.3) is 0 Å². The summed E-state index contributed by atoms with van der Waals surface area (Å²) in [5.41, 5.74) is 6.48. The van der Waals surface area contributed by atoms with Crippen LogP contribution in [0.3, 0.4) is 0 Å². The monoisotopic (exact) mass is 531 g/mol. The van der Waals surface area contributed by atoms with E-state index >= 15 is 0 Å². The molecule has 0 bridgehead atoms. The number of nitrogens with two attached hydrogens (primary N) is 1. The van der Waals surface area contributed by atoms with Gasteiger partial charge in [0.15, 0.2) is 0 Å². The Balaban J connectivity index is 1.42. The molecule has 5 rings (SSSR count). The number of nitrogens with one attached hydrogen (secondary N) is 1. The molecule has 2 atom stereocenters. The van der Waals surface area contributed by atoms with Crippen LogP contribution in [-0.2, 0) is 32.1 Å². The molecule has 39 heavy (non-hydrogen) atoms. The molecule has 2 heterocycles. The SMILES string of the molecule is CN1N=C2C3(CC3)CN(C(=O)[C@@H](COCc3ccccc3)NC(=O)C(C)(C)N)C[C@@]2(Cc2ccccc2)C1=O. The summed E-state index contributed by atoms with van der Waals surface area (Å²) in [6.07, 6.45) is 2.19. The molecule has 2 aromatic carbocycles. The number of fused-ring (bicyclic) bond motifs is 2. The van der Waals surface area contributed by atoms with Crippen LogP contribution in [0, 0.1) is 10.8 Å². The zero-order valence-corrected chi connectivity index (χ0v) is 22.9. The lowest BCUT2D eigenvalue weighted by molar-refractivity contribution is -0.144. The van der Waals surface area contributed by atoms with Crippen LogP contribution < -0.4 is 11.1 Å². The quantitative estimate of drug-likeness (QED) is 0.514. The summed E-state index contributed by atoms with van der Waals surface area (Å²) in [5.74, 6) is -0.824. The maximum absolute atomic E-state index is 14.1. The van der Waals surface area contributed by atoms with Gasteiger partial charge >= 0.3 is 0 Å². The predicted octanol–water partition coefficient (Wildman–Crippen LogP) is 2.10. The van der Waals surface area contributed by atoms with E-state index in [-0.39, 0.29) is 30.4 Å². The molecule has 2 aliphatic heterocycles. The van der Waals surface area contributed by atoms with Crippen LogP contribution in [0.2, 0.25) is 0 Å².